The van der Waals surface area contributed by atoms with Gasteiger partial charge in [0.05, 0.1) is 32.0 Å². The van der Waals surface area contributed by atoms with Crippen molar-refractivity contribution < 1.29 is 23.7 Å². The first-order valence-electron chi connectivity index (χ1n) is 12.1. The monoisotopic (exact) mass is 485 g/mol. The molecule has 6 heterocycles. The first-order chi connectivity index (χ1) is 16.2. The van der Waals surface area contributed by atoms with Gasteiger partial charge in [0, 0.05) is 43.1 Å². The van der Waals surface area contributed by atoms with E-state index in [1.54, 1.807) is 13.0 Å². The van der Waals surface area contributed by atoms with E-state index in [4.69, 9.17) is 19.7 Å². The van der Waals surface area contributed by atoms with Gasteiger partial charge in [0.15, 0.2) is 0 Å². The molecule has 0 spiro atoms. The van der Waals surface area contributed by atoms with Crippen LogP contribution in [0.4, 0.5) is 0 Å². The molecular formula is C24H47N5O5. The van der Waals surface area contributed by atoms with E-state index in [0.29, 0.717) is 18.8 Å². The Morgan fingerprint density at radius 3 is 1.41 bits per heavy atom. The van der Waals surface area contributed by atoms with E-state index in [-0.39, 0.29) is 5.97 Å². The van der Waals surface area contributed by atoms with Crippen LogP contribution in [0.2, 0.25) is 0 Å². The van der Waals surface area contributed by atoms with Gasteiger partial charge in [-0.3, -0.25) is 0 Å². The lowest BCUT2D eigenvalue weighted by molar-refractivity contribution is -0.135. The van der Waals surface area contributed by atoms with Gasteiger partial charge in [-0.1, -0.05) is 12.0 Å². The Labute approximate surface area is 206 Å². The highest BCUT2D eigenvalue weighted by Gasteiger charge is 2.13. The fraction of sp³-hybridized carbons (Fsp3) is 0.875. The van der Waals surface area contributed by atoms with Crippen molar-refractivity contribution in [1.82, 2.24) is 9.80 Å². The fourth-order valence-corrected chi connectivity index (χ4v) is 1.82. The molecule has 5 fully saturated rings. The molecule has 6 aliphatic rings. The van der Waals surface area contributed by atoms with E-state index >= 15 is 0 Å². The fourth-order valence-electron chi connectivity index (χ4n) is 1.82. The Bertz CT molecular complexity index is 554. The largest absolute Gasteiger partial charge is 0.458 e. The third kappa shape index (κ3) is 23.5. The van der Waals surface area contributed by atoms with Crippen molar-refractivity contribution in [3.8, 4) is 0 Å². The number of carbonyl (C=O) groups is 1. The van der Waals surface area contributed by atoms with Gasteiger partial charge in [-0.05, 0) is 72.4 Å². The summed E-state index contributed by atoms with van der Waals surface area (Å²) >= 11 is 0. The average Bonchev–Trinajstić information content (AvgIpc) is 3.70. The third-order valence-corrected chi connectivity index (χ3v) is 5.00. The van der Waals surface area contributed by atoms with Gasteiger partial charge in [-0.15, -0.1) is 0 Å². The number of rotatable bonds is 0. The highest BCUT2D eigenvalue weighted by molar-refractivity contribution is 5.89. The van der Waals surface area contributed by atoms with Crippen LogP contribution in [-0.2, 0) is 23.7 Å². The van der Waals surface area contributed by atoms with E-state index in [9.17, 15) is 4.79 Å². The van der Waals surface area contributed by atoms with E-state index in [1.165, 1.54) is 46.1 Å². The van der Waals surface area contributed by atoms with Crippen LogP contribution in [-0.4, -0.2) is 108 Å². The number of esters is 1. The van der Waals surface area contributed by atoms with Crippen molar-refractivity contribution in [2.45, 2.75) is 52.7 Å². The van der Waals surface area contributed by atoms with Crippen LogP contribution in [0.25, 0.3) is 10.4 Å². The summed E-state index contributed by atoms with van der Waals surface area (Å²) in [6.45, 7) is 17.8. The zero-order chi connectivity index (χ0) is 25.8. The molecule has 0 saturated carbocycles. The Kier molecular flexibility index (Phi) is 19.7. The highest BCUT2D eigenvalue weighted by Crippen LogP contribution is 2.07. The molecule has 0 radical (unpaired) electrons. The van der Waals surface area contributed by atoms with E-state index in [2.05, 4.69) is 59.4 Å². The smallest absolute Gasteiger partial charge is 0.333 e. The number of hydrogen-bond donors (Lipinski definition) is 0. The van der Waals surface area contributed by atoms with Crippen LogP contribution in [0, 0.1) is 5.92 Å². The zero-order valence-electron chi connectivity index (χ0n) is 22.4. The highest BCUT2D eigenvalue weighted by atomic mass is 16.6. The predicted molar refractivity (Wildman–Crippen MR) is 135 cm³/mol. The lowest BCUT2D eigenvalue weighted by Gasteiger charge is -2.24. The molecule has 2 atom stereocenters. The average molecular weight is 486 g/mol. The first-order valence-corrected chi connectivity index (χ1v) is 12.1. The van der Waals surface area contributed by atoms with Crippen molar-refractivity contribution in [1.29, 1.82) is 0 Å². The molecular weight excluding hydrogens is 438 g/mol. The topological polar surface area (TPSA) is 112 Å². The molecule has 0 aromatic heterocycles. The Balaban J connectivity index is 0.000000377. The van der Waals surface area contributed by atoms with E-state index in [0.717, 1.165) is 37.9 Å². The van der Waals surface area contributed by atoms with Crippen LogP contribution >= 0.6 is 0 Å². The molecule has 0 aliphatic carbocycles. The minimum absolute atomic E-state index is 0.181. The molecule has 10 nitrogen and oxygen atoms in total. The predicted octanol–water partition coefficient (Wildman–Crippen LogP) is 3.52. The molecule has 5 saturated heterocycles. The molecule has 6 aliphatic heterocycles. The molecule has 0 aromatic carbocycles. The summed E-state index contributed by atoms with van der Waals surface area (Å²) in [5.74, 6) is 0.662. The van der Waals surface area contributed by atoms with Gasteiger partial charge in [-0.2, -0.15) is 0 Å². The van der Waals surface area contributed by atoms with Gasteiger partial charge >= 0.3 is 5.97 Å². The standard InChI is InChI=1S/C5H6O2.C4H9N.2C4H8O.C3H7N.C3H6O.CH3N3/c1-4-2-3-7-5(4)6;1-5-3-2-4-5;1-4-2-5-3-4;1-4-2-3-5-4;1-4-2-3-4;1-3-2-4-3;1-3-4-2/h2H,3H2,1H3;2-4H2,1H3;2*4H,2-3H2,1H3;2-3H2,1H3;3H,2H2,1H3;1H3. The Hall–Kier alpha value is -1.68. The second-order valence-electron chi connectivity index (χ2n) is 8.99. The van der Waals surface area contributed by atoms with Crippen molar-refractivity contribution in [2.75, 3.05) is 80.4 Å². The summed E-state index contributed by atoms with van der Waals surface area (Å²) in [4.78, 5) is 17.2. The molecule has 2 unspecified atom stereocenters. The van der Waals surface area contributed by atoms with Gasteiger partial charge in [-0.25, -0.2) is 4.79 Å². The van der Waals surface area contributed by atoms with Crippen molar-refractivity contribution in [3.05, 3.63) is 22.1 Å². The molecule has 0 amide bonds. The minimum atomic E-state index is -0.181. The number of azide groups is 1. The van der Waals surface area contributed by atoms with E-state index < -0.39 is 0 Å². The number of likely N-dealkylation sites (N-methyl/N-ethyl adjacent to an activating group) is 1. The maximum Gasteiger partial charge on any atom is 0.333 e. The number of hydrogen-bond acceptors (Lipinski definition) is 8. The van der Waals surface area contributed by atoms with Crippen molar-refractivity contribution in [2.24, 2.45) is 11.0 Å². The molecule has 0 aromatic rings. The second-order valence-corrected chi connectivity index (χ2v) is 8.99. The zero-order valence-corrected chi connectivity index (χ0v) is 22.4. The number of nitrogens with zero attached hydrogens (tertiary/aromatic N) is 5. The van der Waals surface area contributed by atoms with Crippen LogP contribution in [0.3, 0.4) is 0 Å². The summed E-state index contributed by atoms with van der Waals surface area (Å²) in [5, 5.41) is 2.92. The summed E-state index contributed by atoms with van der Waals surface area (Å²) in [5.41, 5.74) is 8.06. The van der Waals surface area contributed by atoms with Crippen molar-refractivity contribution in [3.63, 3.8) is 0 Å². The summed E-state index contributed by atoms with van der Waals surface area (Å²) in [6.07, 6.45) is 5.59. The van der Waals surface area contributed by atoms with Crippen LogP contribution in [0.15, 0.2) is 16.8 Å². The summed E-state index contributed by atoms with van der Waals surface area (Å²) < 4.78 is 19.0. The number of carbonyl (C=O) groups excluding carboxylic acids is 1. The van der Waals surface area contributed by atoms with Crippen LogP contribution in [0.5, 0.6) is 0 Å². The quantitative estimate of drug-likeness (QED) is 0.170. The maximum absolute atomic E-state index is 10.3. The van der Waals surface area contributed by atoms with E-state index in [1.807, 2.05) is 0 Å². The van der Waals surface area contributed by atoms with Gasteiger partial charge in [0.2, 0.25) is 0 Å². The van der Waals surface area contributed by atoms with Crippen molar-refractivity contribution >= 4 is 5.97 Å². The van der Waals surface area contributed by atoms with Crippen LogP contribution in [0.1, 0.15) is 40.5 Å². The molecule has 10 heteroatoms. The Morgan fingerprint density at radius 1 is 1.00 bits per heavy atom. The van der Waals surface area contributed by atoms with Gasteiger partial charge < -0.3 is 28.7 Å². The lowest BCUT2D eigenvalue weighted by atomic mass is 10.2. The first kappa shape index (κ1) is 32.3. The maximum atomic E-state index is 10.3. The molecule has 198 valence electrons. The second kappa shape index (κ2) is 20.7. The molecule has 0 bridgehead atoms. The third-order valence-electron chi connectivity index (χ3n) is 5.00. The summed E-state index contributed by atoms with van der Waals surface area (Å²) in [7, 11) is 5.64. The molecule has 34 heavy (non-hydrogen) atoms. The molecule has 0 N–H and O–H groups in total. The lowest BCUT2D eigenvalue weighted by Crippen LogP contribution is -2.32. The number of ether oxygens (including phenoxy) is 4. The normalized spacial score (nSPS) is 25.1. The van der Waals surface area contributed by atoms with Crippen LogP contribution < -0.4 is 0 Å². The Morgan fingerprint density at radius 2 is 1.38 bits per heavy atom. The SMILES string of the molecule is CC1=CCOC1=O.CC1CCO1.CC1CO1.CC1COC1.CN1CC1.CN1CCC1.CN=[N+]=[N-]. The number of cyclic esters (lactones) is 1. The number of epoxide rings is 1. The van der Waals surface area contributed by atoms with Gasteiger partial charge in [0.1, 0.15) is 6.61 Å². The number of likely N-dealkylation sites (tertiary alicyclic amines) is 1. The minimum Gasteiger partial charge on any atom is -0.458 e. The molecule has 6 rings (SSSR count). The van der Waals surface area contributed by atoms with Gasteiger partial charge in [0.25, 0.3) is 0 Å². The summed E-state index contributed by atoms with van der Waals surface area (Å²) in [6, 6.07) is 0.